The minimum atomic E-state index is -0.938. The van der Waals surface area contributed by atoms with E-state index in [2.05, 4.69) is 21.2 Å². The largest absolute Gasteiger partial charge is 0.481 e. The Kier molecular flexibility index (Phi) is 4.75. The molecule has 1 aromatic rings. The number of carboxylic acid groups (broad SMARTS) is 1. The van der Waals surface area contributed by atoms with E-state index < -0.39 is 23.6 Å². The van der Waals surface area contributed by atoms with Gasteiger partial charge in [0.1, 0.15) is 5.82 Å². The molecular formula is C14H15BrFNO3. The third kappa shape index (κ3) is 3.36. The first kappa shape index (κ1) is 15.0. The highest BCUT2D eigenvalue weighted by atomic mass is 79.9. The number of rotatable bonds is 3. The van der Waals surface area contributed by atoms with Gasteiger partial charge in [-0.25, -0.2) is 4.39 Å². The molecule has 1 aromatic carbocycles. The molecule has 0 aromatic heterocycles. The van der Waals surface area contributed by atoms with Crippen molar-refractivity contribution in [2.75, 3.05) is 5.32 Å². The molecule has 1 fully saturated rings. The summed E-state index contributed by atoms with van der Waals surface area (Å²) in [6, 6.07) is 4.28. The molecule has 1 aliphatic rings. The standard InChI is InChI=1S/C14H15BrFNO3/c15-11-6-5-8(7-12(11)16)17-13(18)9-3-1-2-4-10(9)14(19)20/h5-7,9-10H,1-4H2,(H,17,18)(H,19,20)/t9-,10+/m1/s1. The monoisotopic (exact) mass is 343 g/mol. The van der Waals surface area contributed by atoms with E-state index in [9.17, 15) is 14.0 Å². The molecule has 6 heteroatoms. The first-order chi connectivity index (χ1) is 9.49. The number of hydrogen-bond donors (Lipinski definition) is 2. The number of aliphatic carboxylic acids is 1. The highest BCUT2D eigenvalue weighted by molar-refractivity contribution is 9.10. The summed E-state index contributed by atoms with van der Waals surface area (Å²) in [5.41, 5.74) is 0.338. The second kappa shape index (κ2) is 6.35. The zero-order chi connectivity index (χ0) is 14.7. The summed E-state index contributed by atoms with van der Waals surface area (Å²) in [5.74, 6) is -2.95. The molecule has 2 rings (SSSR count). The highest BCUT2D eigenvalue weighted by Gasteiger charge is 2.35. The lowest BCUT2D eigenvalue weighted by molar-refractivity contribution is -0.147. The van der Waals surface area contributed by atoms with Gasteiger partial charge in [0.25, 0.3) is 0 Å². The Bertz CT molecular complexity index is 535. The van der Waals surface area contributed by atoms with Gasteiger partial charge >= 0.3 is 5.97 Å². The van der Waals surface area contributed by atoms with Crippen molar-refractivity contribution in [1.82, 2.24) is 0 Å². The van der Waals surface area contributed by atoms with Gasteiger partial charge < -0.3 is 10.4 Å². The van der Waals surface area contributed by atoms with E-state index in [0.717, 1.165) is 12.8 Å². The van der Waals surface area contributed by atoms with Crippen molar-refractivity contribution in [1.29, 1.82) is 0 Å². The second-order valence-electron chi connectivity index (χ2n) is 4.95. The summed E-state index contributed by atoms with van der Waals surface area (Å²) in [6.07, 6.45) is 2.74. The summed E-state index contributed by atoms with van der Waals surface area (Å²) in [6.45, 7) is 0. The minimum Gasteiger partial charge on any atom is -0.481 e. The molecule has 0 heterocycles. The molecule has 1 saturated carbocycles. The van der Waals surface area contributed by atoms with Gasteiger partial charge in [0.2, 0.25) is 5.91 Å². The van der Waals surface area contributed by atoms with Gasteiger partial charge in [-0.2, -0.15) is 0 Å². The summed E-state index contributed by atoms with van der Waals surface area (Å²) in [7, 11) is 0. The predicted molar refractivity (Wildman–Crippen MR) is 75.8 cm³/mol. The summed E-state index contributed by atoms with van der Waals surface area (Å²) in [4.78, 5) is 23.3. The first-order valence-electron chi connectivity index (χ1n) is 6.48. The Hall–Kier alpha value is -1.43. The summed E-state index contributed by atoms with van der Waals surface area (Å²) >= 11 is 3.04. The molecule has 2 atom stereocenters. The molecule has 0 bridgehead atoms. The molecule has 1 aliphatic carbocycles. The topological polar surface area (TPSA) is 66.4 Å². The number of carboxylic acids is 1. The molecule has 0 unspecified atom stereocenters. The smallest absolute Gasteiger partial charge is 0.307 e. The molecule has 108 valence electrons. The SMILES string of the molecule is O=C(O)[C@H]1CCCC[C@H]1C(=O)Nc1ccc(Br)c(F)c1. The van der Waals surface area contributed by atoms with Gasteiger partial charge in [-0.3, -0.25) is 9.59 Å². The number of carbonyl (C=O) groups excluding carboxylic acids is 1. The van der Waals surface area contributed by atoms with Gasteiger partial charge in [-0.15, -0.1) is 0 Å². The van der Waals surface area contributed by atoms with Crippen LogP contribution >= 0.6 is 15.9 Å². The van der Waals surface area contributed by atoms with Crippen LogP contribution in [0.5, 0.6) is 0 Å². The molecular weight excluding hydrogens is 329 g/mol. The van der Waals surface area contributed by atoms with Crippen molar-refractivity contribution in [2.24, 2.45) is 11.8 Å². The minimum absolute atomic E-state index is 0.316. The lowest BCUT2D eigenvalue weighted by Crippen LogP contribution is -2.36. The number of nitrogens with one attached hydrogen (secondary N) is 1. The van der Waals surface area contributed by atoms with Gasteiger partial charge in [0.15, 0.2) is 0 Å². The van der Waals surface area contributed by atoms with Crippen LogP contribution in [0, 0.1) is 17.7 Å². The quantitative estimate of drug-likeness (QED) is 0.883. The lowest BCUT2D eigenvalue weighted by atomic mass is 9.78. The summed E-state index contributed by atoms with van der Waals surface area (Å²) in [5, 5.41) is 11.8. The molecule has 1 amide bonds. The first-order valence-corrected chi connectivity index (χ1v) is 7.27. The fourth-order valence-electron chi connectivity index (χ4n) is 2.55. The van der Waals surface area contributed by atoms with E-state index in [4.69, 9.17) is 5.11 Å². The zero-order valence-corrected chi connectivity index (χ0v) is 12.3. The van der Waals surface area contributed by atoms with Gasteiger partial charge in [0, 0.05) is 5.69 Å². The van der Waals surface area contributed by atoms with Crippen molar-refractivity contribution in [2.45, 2.75) is 25.7 Å². The van der Waals surface area contributed by atoms with Crippen LogP contribution in [-0.4, -0.2) is 17.0 Å². The number of carbonyl (C=O) groups is 2. The van der Waals surface area contributed by atoms with Crippen LogP contribution in [0.1, 0.15) is 25.7 Å². The maximum absolute atomic E-state index is 13.4. The molecule has 20 heavy (non-hydrogen) atoms. The average molecular weight is 344 g/mol. The number of anilines is 1. The Morgan fingerprint density at radius 2 is 1.90 bits per heavy atom. The van der Waals surface area contributed by atoms with Crippen LogP contribution in [-0.2, 0) is 9.59 Å². The van der Waals surface area contributed by atoms with Crippen LogP contribution in [0.15, 0.2) is 22.7 Å². The lowest BCUT2D eigenvalue weighted by Gasteiger charge is -2.27. The number of halogens is 2. The molecule has 0 aliphatic heterocycles. The third-order valence-corrected chi connectivity index (χ3v) is 4.25. The molecule has 0 spiro atoms. The Labute approximate surface area is 124 Å². The number of benzene rings is 1. The van der Waals surface area contributed by atoms with Gasteiger partial charge in [-0.1, -0.05) is 12.8 Å². The fourth-order valence-corrected chi connectivity index (χ4v) is 2.80. The number of amides is 1. The Morgan fingerprint density at radius 1 is 1.25 bits per heavy atom. The van der Waals surface area contributed by atoms with Crippen molar-refractivity contribution in [3.8, 4) is 0 Å². The van der Waals surface area contributed by atoms with Crippen molar-refractivity contribution >= 4 is 33.5 Å². The van der Waals surface area contributed by atoms with Crippen LogP contribution in [0.4, 0.5) is 10.1 Å². The molecule has 4 nitrogen and oxygen atoms in total. The van der Waals surface area contributed by atoms with Crippen LogP contribution in [0.25, 0.3) is 0 Å². The van der Waals surface area contributed by atoms with Crippen LogP contribution < -0.4 is 5.32 Å². The normalized spacial score (nSPS) is 22.3. The van der Waals surface area contributed by atoms with E-state index in [-0.39, 0.29) is 5.91 Å². The molecule has 0 saturated heterocycles. The van der Waals surface area contributed by atoms with E-state index in [1.54, 1.807) is 6.07 Å². The van der Waals surface area contributed by atoms with Crippen LogP contribution in [0.3, 0.4) is 0 Å². The maximum Gasteiger partial charge on any atom is 0.307 e. The Morgan fingerprint density at radius 3 is 2.50 bits per heavy atom. The van der Waals surface area contributed by atoms with E-state index >= 15 is 0 Å². The van der Waals surface area contributed by atoms with E-state index in [1.807, 2.05) is 0 Å². The zero-order valence-electron chi connectivity index (χ0n) is 10.7. The predicted octanol–water partition coefficient (Wildman–Crippen LogP) is 3.42. The van der Waals surface area contributed by atoms with Crippen molar-refractivity contribution in [3.63, 3.8) is 0 Å². The Balaban J connectivity index is 2.09. The van der Waals surface area contributed by atoms with E-state index in [1.165, 1.54) is 12.1 Å². The average Bonchev–Trinajstić information content (AvgIpc) is 2.43. The van der Waals surface area contributed by atoms with Gasteiger partial charge in [-0.05, 0) is 47.0 Å². The summed E-state index contributed by atoms with van der Waals surface area (Å²) < 4.78 is 13.7. The van der Waals surface area contributed by atoms with Crippen molar-refractivity contribution in [3.05, 3.63) is 28.5 Å². The number of hydrogen-bond acceptors (Lipinski definition) is 2. The van der Waals surface area contributed by atoms with E-state index in [0.29, 0.717) is 23.0 Å². The fraction of sp³-hybridized carbons (Fsp3) is 0.429. The third-order valence-electron chi connectivity index (χ3n) is 3.61. The maximum atomic E-state index is 13.4. The van der Waals surface area contributed by atoms with Gasteiger partial charge in [0.05, 0.1) is 16.3 Å². The molecule has 2 N–H and O–H groups in total. The van der Waals surface area contributed by atoms with Crippen LogP contribution in [0.2, 0.25) is 0 Å². The second-order valence-corrected chi connectivity index (χ2v) is 5.81. The molecule has 0 radical (unpaired) electrons. The highest BCUT2D eigenvalue weighted by Crippen LogP contribution is 2.31. The van der Waals surface area contributed by atoms with Crippen molar-refractivity contribution < 1.29 is 19.1 Å².